The number of thioether (sulfide) groups is 1. The highest BCUT2D eigenvalue weighted by molar-refractivity contribution is 7.98. The van der Waals surface area contributed by atoms with Crippen molar-refractivity contribution in [2.75, 3.05) is 11.6 Å². The molecule has 3 aromatic rings. The van der Waals surface area contributed by atoms with Crippen LogP contribution in [-0.2, 0) is 7.05 Å². The second kappa shape index (κ2) is 7.35. The standard InChI is InChI=1S/C17H16ClN5O2S/c1-10-13(16(25)23(22(10)2)11-7-5-4-6-8-11)20-15(24)14-12(18)9-19-17(21-14)26-3/h4-9H,1-3H3,(H,20,24). The molecule has 0 fully saturated rings. The van der Waals surface area contributed by atoms with Crippen LogP contribution in [0.15, 0.2) is 46.5 Å². The molecule has 0 saturated carbocycles. The Balaban J connectivity index is 2.02. The van der Waals surface area contributed by atoms with Gasteiger partial charge in [-0.2, -0.15) is 0 Å². The molecule has 0 unspecified atom stereocenters. The smallest absolute Gasteiger partial charge is 0.295 e. The highest BCUT2D eigenvalue weighted by atomic mass is 35.5. The predicted octanol–water partition coefficient (Wildman–Crippen LogP) is 2.90. The lowest BCUT2D eigenvalue weighted by molar-refractivity contribution is 0.102. The van der Waals surface area contributed by atoms with Crippen LogP contribution in [0.2, 0.25) is 5.02 Å². The van der Waals surface area contributed by atoms with Crippen molar-refractivity contribution in [1.29, 1.82) is 0 Å². The Hall–Kier alpha value is -2.58. The van der Waals surface area contributed by atoms with E-state index in [0.29, 0.717) is 16.5 Å². The van der Waals surface area contributed by atoms with Crippen molar-refractivity contribution < 1.29 is 4.79 Å². The summed E-state index contributed by atoms with van der Waals surface area (Å²) < 4.78 is 3.17. The molecule has 0 atom stereocenters. The maximum absolute atomic E-state index is 12.8. The molecule has 9 heteroatoms. The number of carbonyl (C=O) groups excluding carboxylic acids is 1. The minimum absolute atomic E-state index is 0.0277. The van der Waals surface area contributed by atoms with Crippen LogP contribution in [0.4, 0.5) is 5.69 Å². The maximum atomic E-state index is 12.8. The van der Waals surface area contributed by atoms with Crippen molar-refractivity contribution in [3.63, 3.8) is 0 Å². The summed E-state index contributed by atoms with van der Waals surface area (Å²) >= 11 is 7.34. The first-order valence-corrected chi connectivity index (χ1v) is 9.26. The molecule has 134 valence electrons. The third-order valence-electron chi connectivity index (χ3n) is 3.91. The average molecular weight is 390 g/mol. The van der Waals surface area contributed by atoms with Gasteiger partial charge in [-0.05, 0) is 25.3 Å². The van der Waals surface area contributed by atoms with Crippen molar-refractivity contribution in [3.05, 3.63) is 63.3 Å². The highest BCUT2D eigenvalue weighted by Gasteiger charge is 2.21. The van der Waals surface area contributed by atoms with Crippen LogP contribution in [0.3, 0.4) is 0 Å². The number of benzene rings is 1. The van der Waals surface area contributed by atoms with Gasteiger partial charge in [0.05, 0.1) is 22.6 Å². The topological polar surface area (TPSA) is 81.8 Å². The zero-order chi connectivity index (χ0) is 18.8. The summed E-state index contributed by atoms with van der Waals surface area (Å²) in [6, 6.07) is 9.18. The predicted molar refractivity (Wildman–Crippen MR) is 103 cm³/mol. The molecule has 0 spiro atoms. The second-order valence-electron chi connectivity index (χ2n) is 5.44. The summed E-state index contributed by atoms with van der Waals surface area (Å²) in [5, 5.41) is 3.19. The molecule has 1 aromatic carbocycles. The zero-order valence-electron chi connectivity index (χ0n) is 14.4. The van der Waals surface area contributed by atoms with Gasteiger partial charge in [-0.3, -0.25) is 14.3 Å². The van der Waals surface area contributed by atoms with Crippen molar-refractivity contribution >= 4 is 35.0 Å². The number of halogens is 1. The van der Waals surface area contributed by atoms with Crippen LogP contribution >= 0.6 is 23.4 Å². The van der Waals surface area contributed by atoms with Crippen molar-refractivity contribution in [2.24, 2.45) is 7.05 Å². The lowest BCUT2D eigenvalue weighted by Gasteiger charge is -2.07. The third kappa shape index (κ3) is 3.25. The van der Waals surface area contributed by atoms with E-state index in [2.05, 4.69) is 15.3 Å². The van der Waals surface area contributed by atoms with Crippen LogP contribution in [0, 0.1) is 6.92 Å². The Morgan fingerprint density at radius 2 is 1.96 bits per heavy atom. The number of hydrogen-bond donors (Lipinski definition) is 1. The third-order valence-corrected chi connectivity index (χ3v) is 4.75. The molecule has 0 bridgehead atoms. The molecule has 2 heterocycles. The molecule has 0 aliphatic heterocycles. The van der Waals surface area contributed by atoms with Crippen molar-refractivity contribution in [2.45, 2.75) is 12.1 Å². The molecule has 1 amide bonds. The van der Waals surface area contributed by atoms with Gasteiger partial charge in [0, 0.05) is 7.05 Å². The van der Waals surface area contributed by atoms with E-state index in [9.17, 15) is 9.59 Å². The zero-order valence-corrected chi connectivity index (χ0v) is 15.9. The molecule has 3 rings (SSSR count). The Labute approximate surface area is 159 Å². The summed E-state index contributed by atoms with van der Waals surface area (Å²) in [4.78, 5) is 33.6. The number of rotatable bonds is 4. The summed E-state index contributed by atoms with van der Waals surface area (Å²) in [6.07, 6.45) is 3.17. The Morgan fingerprint density at radius 1 is 1.27 bits per heavy atom. The Bertz CT molecular complexity index is 1030. The number of carbonyl (C=O) groups is 1. The average Bonchev–Trinajstić information content (AvgIpc) is 2.86. The first kappa shape index (κ1) is 18.2. The number of nitrogens with zero attached hydrogens (tertiary/aromatic N) is 4. The van der Waals surface area contributed by atoms with Crippen molar-refractivity contribution in [3.8, 4) is 5.69 Å². The van der Waals surface area contributed by atoms with Crippen LogP contribution in [-0.4, -0.2) is 31.5 Å². The number of anilines is 1. The lowest BCUT2D eigenvalue weighted by Crippen LogP contribution is -2.23. The molecule has 2 aromatic heterocycles. The summed E-state index contributed by atoms with van der Waals surface area (Å²) in [5.41, 5.74) is 1.19. The quantitative estimate of drug-likeness (QED) is 0.548. The van der Waals surface area contributed by atoms with Crippen LogP contribution in [0.25, 0.3) is 5.69 Å². The van der Waals surface area contributed by atoms with E-state index in [0.717, 1.165) is 0 Å². The van der Waals surface area contributed by atoms with E-state index in [1.807, 2.05) is 30.3 Å². The monoisotopic (exact) mass is 389 g/mol. The Morgan fingerprint density at radius 3 is 2.62 bits per heavy atom. The first-order valence-electron chi connectivity index (χ1n) is 7.66. The van der Waals surface area contributed by atoms with Gasteiger partial charge in [-0.25, -0.2) is 14.6 Å². The second-order valence-corrected chi connectivity index (χ2v) is 6.62. The van der Waals surface area contributed by atoms with Gasteiger partial charge in [0.15, 0.2) is 10.9 Å². The normalized spacial score (nSPS) is 10.8. The van der Waals surface area contributed by atoms with Gasteiger partial charge in [0.1, 0.15) is 5.69 Å². The van der Waals surface area contributed by atoms with Crippen LogP contribution in [0.1, 0.15) is 16.2 Å². The van der Waals surface area contributed by atoms with Gasteiger partial charge in [0.25, 0.3) is 11.5 Å². The molecule has 0 aliphatic carbocycles. The number of nitrogens with one attached hydrogen (secondary N) is 1. The fourth-order valence-electron chi connectivity index (χ4n) is 2.49. The van der Waals surface area contributed by atoms with Gasteiger partial charge in [0.2, 0.25) is 0 Å². The van der Waals surface area contributed by atoms with Gasteiger partial charge in [-0.1, -0.05) is 41.6 Å². The molecule has 0 aliphatic rings. The van der Waals surface area contributed by atoms with Gasteiger partial charge >= 0.3 is 0 Å². The largest absolute Gasteiger partial charge is 0.314 e. The van der Waals surface area contributed by atoms with Crippen LogP contribution < -0.4 is 10.9 Å². The molecule has 1 N–H and O–H groups in total. The minimum Gasteiger partial charge on any atom is -0.314 e. The van der Waals surface area contributed by atoms with E-state index >= 15 is 0 Å². The van der Waals surface area contributed by atoms with E-state index in [1.165, 1.54) is 22.6 Å². The molecular formula is C17H16ClN5O2S. The number of aromatic nitrogens is 4. The molecule has 7 nitrogen and oxygen atoms in total. The summed E-state index contributed by atoms with van der Waals surface area (Å²) in [6.45, 7) is 1.76. The maximum Gasteiger partial charge on any atom is 0.295 e. The van der Waals surface area contributed by atoms with Gasteiger partial charge in [-0.15, -0.1) is 0 Å². The fourth-order valence-corrected chi connectivity index (χ4v) is 3.01. The Kier molecular flexibility index (Phi) is 5.15. The van der Waals surface area contributed by atoms with E-state index in [4.69, 9.17) is 11.6 Å². The lowest BCUT2D eigenvalue weighted by atomic mass is 10.3. The van der Waals surface area contributed by atoms with E-state index in [-0.39, 0.29) is 22.0 Å². The molecule has 0 saturated heterocycles. The summed E-state index contributed by atoms with van der Waals surface area (Å²) in [7, 11) is 1.75. The molecule has 0 radical (unpaired) electrons. The number of hydrogen-bond acceptors (Lipinski definition) is 5. The minimum atomic E-state index is -0.557. The SMILES string of the molecule is CSc1ncc(Cl)c(C(=O)Nc2c(C)n(C)n(-c3ccccc3)c2=O)n1. The molecule has 26 heavy (non-hydrogen) atoms. The summed E-state index contributed by atoms with van der Waals surface area (Å²) in [5.74, 6) is -0.557. The first-order chi connectivity index (χ1) is 12.4. The van der Waals surface area contributed by atoms with E-state index in [1.54, 1.807) is 24.9 Å². The van der Waals surface area contributed by atoms with Crippen molar-refractivity contribution in [1.82, 2.24) is 19.3 Å². The number of para-hydroxylation sites is 1. The highest BCUT2D eigenvalue weighted by Crippen LogP contribution is 2.19. The van der Waals surface area contributed by atoms with E-state index < -0.39 is 5.91 Å². The fraction of sp³-hybridized carbons (Fsp3) is 0.176. The molecular weight excluding hydrogens is 374 g/mol. The van der Waals surface area contributed by atoms with Crippen LogP contribution in [0.5, 0.6) is 0 Å². The number of amides is 1. The van der Waals surface area contributed by atoms with Gasteiger partial charge < -0.3 is 5.32 Å².